The van der Waals surface area contributed by atoms with E-state index < -0.39 is 29.7 Å². The van der Waals surface area contributed by atoms with Crippen molar-refractivity contribution in [2.75, 3.05) is 6.61 Å². The van der Waals surface area contributed by atoms with Gasteiger partial charge in [0, 0.05) is 42.5 Å². The van der Waals surface area contributed by atoms with E-state index in [2.05, 4.69) is 10.00 Å². The van der Waals surface area contributed by atoms with Gasteiger partial charge in [0.25, 0.3) is 0 Å². The van der Waals surface area contributed by atoms with E-state index in [0.29, 0.717) is 26.1 Å². The van der Waals surface area contributed by atoms with Gasteiger partial charge in [0.15, 0.2) is 0 Å². The highest BCUT2D eigenvalue weighted by atomic mass is 19.1. The number of carboxylic acid groups (broad SMARTS) is 1. The van der Waals surface area contributed by atoms with Crippen molar-refractivity contribution < 1.29 is 23.4 Å². The Hall–Kier alpha value is -2.36. The topological polar surface area (TPSA) is 93.6 Å². The van der Waals surface area contributed by atoms with E-state index in [4.69, 9.17) is 15.6 Å². The number of benzene rings is 1. The number of nitrogens with zero attached hydrogens (tertiary/aromatic N) is 3. The standard InChI is InChI=1S/C18H20F2N4O3/c19-11-1-2-14(20)13(3-11)18-15(21)4-12(9-27-18)23-5-10-6-24(8-17(25)26)22-16(10)7-23/h1-3,6,12,15,18H,4-5,7-9,21H2,(H,25,26)/t12-,15+,18-/m1/s1. The summed E-state index contributed by atoms with van der Waals surface area (Å²) in [6, 6.07) is 2.87. The Morgan fingerprint density at radius 2 is 2.19 bits per heavy atom. The zero-order valence-electron chi connectivity index (χ0n) is 14.5. The maximum atomic E-state index is 14.0. The van der Waals surface area contributed by atoms with E-state index >= 15 is 0 Å². The first-order valence-corrected chi connectivity index (χ1v) is 8.74. The lowest BCUT2D eigenvalue weighted by molar-refractivity contribution is -0.137. The first kappa shape index (κ1) is 18.0. The second kappa shape index (κ2) is 6.99. The second-order valence-corrected chi connectivity index (χ2v) is 7.07. The molecule has 3 heterocycles. The summed E-state index contributed by atoms with van der Waals surface area (Å²) < 4.78 is 34.7. The van der Waals surface area contributed by atoms with Gasteiger partial charge >= 0.3 is 5.97 Å². The van der Waals surface area contributed by atoms with E-state index in [1.807, 2.05) is 0 Å². The molecule has 1 saturated heterocycles. The third-order valence-electron chi connectivity index (χ3n) is 5.13. The molecule has 0 saturated carbocycles. The molecule has 0 unspecified atom stereocenters. The Morgan fingerprint density at radius 1 is 1.37 bits per heavy atom. The third-order valence-corrected chi connectivity index (χ3v) is 5.13. The fourth-order valence-electron chi connectivity index (χ4n) is 3.86. The number of nitrogens with two attached hydrogens (primary N) is 1. The average Bonchev–Trinajstić information content (AvgIpc) is 3.15. The molecule has 7 nitrogen and oxygen atoms in total. The zero-order chi connectivity index (χ0) is 19.1. The highest BCUT2D eigenvalue weighted by Gasteiger charge is 2.37. The van der Waals surface area contributed by atoms with Crippen molar-refractivity contribution in [3.8, 4) is 0 Å². The molecule has 144 valence electrons. The summed E-state index contributed by atoms with van der Waals surface area (Å²) in [4.78, 5) is 13.0. The summed E-state index contributed by atoms with van der Waals surface area (Å²) in [5.41, 5.74) is 8.21. The number of rotatable bonds is 4. The molecular formula is C18H20F2N4O3. The molecule has 27 heavy (non-hydrogen) atoms. The fourth-order valence-corrected chi connectivity index (χ4v) is 3.86. The Kier molecular flexibility index (Phi) is 4.67. The number of carbonyl (C=O) groups is 1. The molecule has 2 aliphatic rings. The molecule has 2 aromatic rings. The van der Waals surface area contributed by atoms with E-state index in [-0.39, 0.29) is 18.2 Å². The summed E-state index contributed by atoms with van der Waals surface area (Å²) in [5.74, 6) is -1.98. The van der Waals surface area contributed by atoms with E-state index in [9.17, 15) is 13.6 Å². The zero-order valence-corrected chi connectivity index (χ0v) is 14.5. The van der Waals surface area contributed by atoms with Crippen LogP contribution in [0, 0.1) is 11.6 Å². The van der Waals surface area contributed by atoms with Crippen molar-refractivity contribution in [3.05, 3.63) is 52.9 Å². The predicted octanol–water partition coefficient (Wildman–Crippen LogP) is 1.42. The Bertz CT molecular complexity index is 849. The molecule has 0 amide bonds. The van der Waals surface area contributed by atoms with Gasteiger partial charge in [-0.1, -0.05) is 0 Å². The van der Waals surface area contributed by atoms with Crippen molar-refractivity contribution in [3.63, 3.8) is 0 Å². The van der Waals surface area contributed by atoms with Crippen LogP contribution in [-0.4, -0.2) is 44.4 Å². The number of carboxylic acids is 1. The van der Waals surface area contributed by atoms with E-state index in [1.54, 1.807) is 6.20 Å². The molecule has 4 rings (SSSR count). The summed E-state index contributed by atoms with van der Waals surface area (Å²) in [5, 5.41) is 13.2. The summed E-state index contributed by atoms with van der Waals surface area (Å²) in [6.07, 6.45) is 1.65. The molecule has 3 atom stereocenters. The minimum Gasteiger partial charge on any atom is -0.480 e. The van der Waals surface area contributed by atoms with Gasteiger partial charge in [-0.05, 0) is 24.6 Å². The van der Waals surface area contributed by atoms with Gasteiger partial charge in [-0.3, -0.25) is 14.4 Å². The van der Waals surface area contributed by atoms with Crippen molar-refractivity contribution in [2.24, 2.45) is 5.73 Å². The van der Waals surface area contributed by atoms with Crippen molar-refractivity contribution in [1.82, 2.24) is 14.7 Å². The molecule has 0 aliphatic carbocycles. The fraction of sp³-hybridized carbons (Fsp3) is 0.444. The maximum Gasteiger partial charge on any atom is 0.325 e. The van der Waals surface area contributed by atoms with Gasteiger partial charge in [-0.15, -0.1) is 0 Å². The first-order valence-electron chi connectivity index (χ1n) is 8.74. The van der Waals surface area contributed by atoms with Gasteiger partial charge in [-0.25, -0.2) is 8.78 Å². The summed E-state index contributed by atoms with van der Waals surface area (Å²) in [7, 11) is 0. The van der Waals surface area contributed by atoms with Crippen LogP contribution in [-0.2, 0) is 29.2 Å². The molecule has 1 aromatic heterocycles. The Balaban J connectivity index is 1.41. The van der Waals surface area contributed by atoms with Gasteiger partial charge < -0.3 is 15.6 Å². The molecule has 0 spiro atoms. The second-order valence-electron chi connectivity index (χ2n) is 7.07. The molecule has 9 heteroatoms. The average molecular weight is 378 g/mol. The van der Waals surface area contributed by atoms with Crippen LogP contribution in [0.3, 0.4) is 0 Å². The van der Waals surface area contributed by atoms with Gasteiger partial charge in [-0.2, -0.15) is 5.10 Å². The smallest absolute Gasteiger partial charge is 0.325 e. The molecule has 1 aromatic carbocycles. The van der Waals surface area contributed by atoms with Crippen LogP contribution in [0.1, 0.15) is 29.3 Å². The minimum atomic E-state index is -0.935. The SMILES string of the molecule is N[C@H]1C[C@@H](N2Cc3cn(CC(=O)O)nc3C2)CO[C@@H]1c1cc(F)ccc1F. The number of aliphatic carboxylic acids is 1. The lowest BCUT2D eigenvalue weighted by atomic mass is 9.93. The largest absolute Gasteiger partial charge is 0.480 e. The molecular weight excluding hydrogens is 358 g/mol. The van der Waals surface area contributed by atoms with Crippen LogP contribution in [0.2, 0.25) is 0 Å². The lowest BCUT2D eigenvalue weighted by Crippen LogP contribution is -2.47. The monoisotopic (exact) mass is 378 g/mol. The van der Waals surface area contributed by atoms with Crippen molar-refractivity contribution in [1.29, 1.82) is 0 Å². The third kappa shape index (κ3) is 3.58. The highest BCUT2D eigenvalue weighted by Crippen LogP contribution is 2.33. The van der Waals surface area contributed by atoms with Crippen LogP contribution in [0.25, 0.3) is 0 Å². The molecule has 0 bridgehead atoms. The highest BCUT2D eigenvalue weighted by molar-refractivity contribution is 5.66. The molecule has 1 fully saturated rings. The van der Waals surface area contributed by atoms with Gasteiger partial charge in [0.2, 0.25) is 0 Å². The van der Waals surface area contributed by atoms with Crippen LogP contribution in [0.15, 0.2) is 24.4 Å². The number of hydrogen-bond donors (Lipinski definition) is 2. The lowest BCUT2D eigenvalue weighted by Gasteiger charge is -2.38. The normalized spacial score (nSPS) is 25.5. The van der Waals surface area contributed by atoms with Crippen molar-refractivity contribution >= 4 is 5.97 Å². The molecule has 2 aliphatic heterocycles. The van der Waals surface area contributed by atoms with Crippen LogP contribution in [0.4, 0.5) is 8.78 Å². The first-order chi connectivity index (χ1) is 12.9. The maximum absolute atomic E-state index is 14.0. The predicted molar refractivity (Wildman–Crippen MR) is 90.5 cm³/mol. The van der Waals surface area contributed by atoms with Crippen LogP contribution in [0.5, 0.6) is 0 Å². The summed E-state index contributed by atoms with van der Waals surface area (Å²) in [6.45, 7) is 1.41. The number of fused-ring (bicyclic) bond motifs is 1. The minimum absolute atomic E-state index is 0.0370. The number of ether oxygens (including phenoxy) is 1. The Morgan fingerprint density at radius 3 is 2.89 bits per heavy atom. The van der Waals surface area contributed by atoms with E-state index in [0.717, 1.165) is 29.5 Å². The van der Waals surface area contributed by atoms with Crippen LogP contribution >= 0.6 is 0 Å². The number of aromatic nitrogens is 2. The number of halogens is 2. The van der Waals surface area contributed by atoms with Crippen molar-refractivity contribution in [2.45, 2.75) is 44.2 Å². The molecule has 3 N–H and O–H groups in total. The number of hydrogen-bond acceptors (Lipinski definition) is 5. The van der Waals surface area contributed by atoms with Crippen LogP contribution < -0.4 is 5.73 Å². The van der Waals surface area contributed by atoms with E-state index in [1.165, 1.54) is 4.68 Å². The molecule has 0 radical (unpaired) electrons. The Labute approximate surface area is 154 Å². The van der Waals surface area contributed by atoms with Gasteiger partial charge in [0.1, 0.15) is 24.3 Å². The van der Waals surface area contributed by atoms with Gasteiger partial charge in [0.05, 0.1) is 12.3 Å². The summed E-state index contributed by atoms with van der Waals surface area (Å²) >= 11 is 0. The quantitative estimate of drug-likeness (QED) is 0.836.